The molecule has 3 aromatic rings. The molecule has 0 spiro atoms. The summed E-state index contributed by atoms with van der Waals surface area (Å²) >= 11 is 0. The number of amides is 1. The van der Waals surface area contributed by atoms with Gasteiger partial charge in [0.1, 0.15) is 5.56 Å². The largest absolute Gasteiger partial charge is 0.352 e. The minimum atomic E-state index is -0.325. The summed E-state index contributed by atoms with van der Waals surface area (Å²) in [5.74, 6) is -0.325. The monoisotopic (exact) mass is 338 g/mol. The zero-order valence-corrected chi connectivity index (χ0v) is 14.7. The summed E-state index contributed by atoms with van der Waals surface area (Å²) in [6.07, 6.45) is 2.58. The van der Waals surface area contributed by atoms with Crippen molar-refractivity contribution in [1.82, 2.24) is 19.7 Å². The average molecular weight is 338 g/mol. The fourth-order valence-electron chi connectivity index (χ4n) is 2.87. The second kappa shape index (κ2) is 6.93. The first-order valence-electron chi connectivity index (χ1n) is 8.35. The number of pyridine rings is 1. The van der Waals surface area contributed by atoms with E-state index in [0.29, 0.717) is 13.1 Å². The van der Waals surface area contributed by atoms with Crippen LogP contribution in [0.5, 0.6) is 0 Å². The second-order valence-electron chi connectivity index (χ2n) is 6.23. The first kappa shape index (κ1) is 17.0. The van der Waals surface area contributed by atoms with Gasteiger partial charge in [-0.15, -0.1) is 0 Å². The van der Waals surface area contributed by atoms with E-state index in [1.54, 1.807) is 13.1 Å². The van der Waals surface area contributed by atoms with Crippen LogP contribution in [0.3, 0.4) is 0 Å². The van der Waals surface area contributed by atoms with Crippen molar-refractivity contribution in [3.05, 3.63) is 63.7 Å². The van der Waals surface area contributed by atoms with Crippen LogP contribution in [0.1, 0.15) is 28.0 Å². The standard InChI is InChI=1S/C19H22N4O2/c1-13-11-16(19(25)22(3)14(13)2)18(24)20-9-6-10-23-17-8-5-4-7-15(17)12-21-23/h4-5,7-8,11-12H,6,9-10H2,1-3H3,(H,20,24). The number of aryl methyl sites for hydroxylation is 2. The molecule has 25 heavy (non-hydrogen) atoms. The van der Waals surface area contributed by atoms with Crippen LogP contribution in [-0.2, 0) is 13.6 Å². The summed E-state index contributed by atoms with van der Waals surface area (Å²) in [7, 11) is 1.68. The van der Waals surface area contributed by atoms with Gasteiger partial charge < -0.3 is 9.88 Å². The Morgan fingerprint density at radius 2 is 2.00 bits per heavy atom. The highest BCUT2D eigenvalue weighted by Crippen LogP contribution is 2.12. The zero-order valence-electron chi connectivity index (χ0n) is 14.7. The Balaban J connectivity index is 1.61. The lowest BCUT2D eigenvalue weighted by molar-refractivity contribution is 0.0950. The van der Waals surface area contributed by atoms with E-state index >= 15 is 0 Å². The van der Waals surface area contributed by atoms with Crippen LogP contribution in [0.4, 0.5) is 0 Å². The van der Waals surface area contributed by atoms with Gasteiger partial charge in [0.25, 0.3) is 11.5 Å². The van der Waals surface area contributed by atoms with Crippen LogP contribution in [0, 0.1) is 13.8 Å². The van der Waals surface area contributed by atoms with E-state index in [-0.39, 0.29) is 17.0 Å². The highest BCUT2D eigenvalue weighted by molar-refractivity contribution is 5.94. The molecule has 0 bridgehead atoms. The van der Waals surface area contributed by atoms with Crippen molar-refractivity contribution >= 4 is 16.8 Å². The van der Waals surface area contributed by atoms with Crippen LogP contribution in [0.25, 0.3) is 10.9 Å². The molecule has 0 aliphatic heterocycles. The lowest BCUT2D eigenvalue weighted by Gasteiger charge is -2.11. The molecule has 0 saturated carbocycles. The van der Waals surface area contributed by atoms with Crippen LogP contribution in [0.15, 0.2) is 41.3 Å². The van der Waals surface area contributed by atoms with E-state index in [1.807, 2.05) is 49.0 Å². The number of para-hydroxylation sites is 1. The van der Waals surface area contributed by atoms with Gasteiger partial charge >= 0.3 is 0 Å². The molecule has 0 aliphatic carbocycles. The minimum Gasteiger partial charge on any atom is -0.352 e. The quantitative estimate of drug-likeness (QED) is 0.725. The van der Waals surface area contributed by atoms with E-state index in [0.717, 1.165) is 28.6 Å². The topological polar surface area (TPSA) is 68.9 Å². The third kappa shape index (κ3) is 3.33. The van der Waals surface area contributed by atoms with Crippen molar-refractivity contribution < 1.29 is 4.79 Å². The molecule has 1 N–H and O–H groups in total. The minimum absolute atomic E-state index is 0.190. The Morgan fingerprint density at radius 3 is 2.80 bits per heavy atom. The first-order valence-corrected chi connectivity index (χ1v) is 8.35. The predicted octanol–water partition coefficient (Wildman–Crippen LogP) is 2.17. The van der Waals surface area contributed by atoms with Crippen molar-refractivity contribution in [2.24, 2.45) is 7.05 Å². The number of carbonyl (C=O) groups excluding carboxylic acids is 1. The molecule has 0 saturated heterocycles. The van der Waals surface area contributed by atoms with Crippen molar-refractivity contribution in [2.75, 3.05) is 6.54 Å². The maximum absolute atomic E-state index is 12.3. The number of aromatic nitrogens is 3. The number of carbonyl (C=O) groups is 1. The summed E-state index contributed by atoms with van der Waals surface area (Å²) in [4.78, 5) is 24.5. The highest BCUT2D eigenvalue weighted by atomic mass is 16.2. The molecule has 3 rings (SSSR count). The van der Waals surface area contributed by atoms with Gasteiger partial charge in [-0.25, -0.2) is 0 Å². The Morgan fingerprint density at radius 1 is 1.24 bits per heavy atom. The van der Waals surface area contributed by atoms with Crippen LogP contribution < -0.4 is 10.9 Å². The number of fused-ring (bicyclic) bond motifs is 1. The van der Waals surface area contributed by atoms with Gasteiger partial charge in [-0.1, -0.05) is 18.2 Å². The maximum Gasteiger partial charge on any atom is 0.263 e. The molecule has 0 fully saturated rings. The van der Waals surface area contributed by atoms with Gasteiger partial charge in [0.2, 0.25) is 0 Å². The number of nitrogens with one attached hydrogen (secondary N) is 1. The fraction of sp³-hybridized carbons (Fsp3) is 0.316. The molecule has 0 radical (unpaired) electrons. The molecular formula is C19H22N4O2. The fourth-order valence-corrected chi connectivity index (χ4v) is 2.87. The normalized spacial score (nSPS) is 11.0. The third-order valence-electron chi connectivity index (χ3n) is 4.60. The summed E-state index contributed by atoms with van der Waals surface area (Å²) in [6.45, 7) is 4.96. The number of nitrogens with zero attached hydrogens (tertiary/aromatic N) is 3. The second-order valence-corrected chi connectivity index (χ2v) is 6.23. The van der Waals surface area contributed by atoms with E-state index < -0.39 is 0 Å². The summed E-state index contributed by atoms with van der Waals surface area (Å²) in [5, 5.41) is 8.30. The Bertz CT molecular complexity index is 985. The third-order valence-corrected chi connectivity index (χ3v) is 4.60. The van der Waals surface area contributed by atoms with E-state index in [4.69, 9.17) is 0 Å². The van der Waals surface area contributed by atoms with Gasteiger partial charge in [-0.05, 0) is 38.0 Å². The molecule has 6 heteroatoms. The zero-order chi connectivity index (χ0) is 18.0. The SMILES string of the molecule is Cc1cc(C(=O)NCCCn2ncc3ccccc32)c(=O)n(C)c1C. The molecule has 2 heterocycles. The first-order chi connectivity index (χ1) is 12.0. The molecule has 130 valence electrons. The summed E-state index contributed by atoms with van der Waals surface area (Å²) in [6, 6.07) is 9.68. The van der Waals surface area contributed by atoms with Crippen LogP contribution in [-0.4, -0.2) is 26.8 Å². The maximum atomic E-state index is 12.3. The van der Waals surface area contributed by atoms with E-state index in [9.17, 15) is 9.59 Å². The Kier molecular flexibility index (Phi) is 4.70. The average Bonchev–Trinajstić information content (AvgIpc) is 3.03. The molecule has 0 unspecified atom stereocenters. The van der Waals surface area contributed by atoms with Crippen LogP contribution in [0.2, 0.25) is 0 Å². The smallest absolute Gasteiger partial charge is 0.263 e. The van der Waals surface area contributed by atoms with E-state index in [1.165, 1.54) is 4.57 Å². The molecule has 1 aromatic carbocycles. The van der Waals surface area contributed by atoms with Gasteiger partial charge in [-0.3, -0.25) is 14.3 Å². The lowest BCUT2D eigenvalue weighted by Crippen LogP contribution is -2.34. The Hall–Kier alpha value is -2.89. The van der Waals surface area contributed by atoms with Gasteiger partial charge in [0.15, 0.2) is 0 Å². The molecule has 6 nitrogen and oxygen atoms in total. The van der Waals surface area contributed by atoms with Crippen molar-refractivity contribution in [3.8, 4) is 0 Å². The van der Waals surface area contributed by atoms with Crippen LogP contribution >= 0.6 is 0 Å². The number of rotatable bonds is 5. The van der Waals surface area contributed by atoms with Gasteiger partial charge in [-0.2, -0.15) is 5.10 Å². The number of hydrogen-bond donors (Lipinski definition) is 1. The highest BCUT2D eigenvalue weighted by Gasteiger charge is 2.14. The summed E-state index contributed by atoms with van der Waals surface area (Å²) < 4.78 is 3.44. The van der Waals surface area contributed by atoms with Crippen molar-refractivity contribution in [1.29, 1.82) is 0 Å². The van der Waals surface area contributed by atoms with Gasteiger partial charge in [0.05, 0.1) is 11.7 Å². The molecule has 2 aromatic heterocycles. The summed E-state index contributed by atoms with van der Waals surface area (Å²) in [5.41, 5.74) is 2.80. The molecule has 0 atom stereocenters. The molecule has 1 amide bonds. The van der Waals surface area contributed by atoms with E-state index in [2.05, 4.69) is 10.4 Å². The molecular weight excluding hydrogens is 316 g/mol. The number of hydrogen-bond acceptors (Lipinski definition) is 3. The predicted molar refractivity (Wildman–Crippen MR) is 97.8 cm³/mol. The van der Waals surface area contributed by atoms with Crippen molar-refractivity contribution in [3.63, 3.8) is 0 Å². The van der Waals surface area contributed by atoms with Crippen molar-refractivity contribution in [2.45, 2.75) is 26.8 Å². The Labute approximate surface area is 146 Å². The molecule has 0 aliphatic rings. The van der Waals surface area contributed by atoms with Gasteiger partial charge in [0, 0.05) is 31.2 Å². The lowest BCUT2D eigenvalue weighted by atomic mass is 10.1. The number of benzene rings is 1.